The van der Waals surface area contributed by atoms with E-state index in [0.29, 0.717) is 6.42 Å². The van der Waals surface area contributed by atoms with Crippen molar-refractivity contribution in [2.75, 3.05) is 0 Å². The van der Waals surface area contributed by atoms with Crippen molar-refractivity contribution in [2.24, 2.45) is 0 Å². The average Bonchev–Trinajstić information content (AvgIpc) is 2.26. The molecule has 1 aromatic carbocycles. The molecule has 0 aliphatic heterocycles. The van der Waals surface area contributed by atoms with E-state index in [1.54, 1.807) is 0 Å². The molecular weight excluding hydrogens is 186 g/mol. The number of carbonyl (C=O) groups excluding carboxylic acids is 1. The minimum Gasteiger partial charge on any atom is -0.376 e. The second-order valence-corrected chi connectivity index (χ2v) is 3.59. The highest BCUT2D eigenvalue weighted by Crippen LogP contribution is 2.16. The van der Waals surface area contributed by atoms with Crippen LogP contribution in [0.4, 0.5) is 0 Å². The minimum absolute atomic E-state index is 0.184. The van der Waals surface area contributed by atoms with Gasteiger partial charge in [0, 0.05) is 12.1 Å². The summed E-state index contributed by atoms with van der Waals surface area (Å²) in [6.07, 6.45) is 0.528. The number of Topliss-reactive ketones (excluding diaryl/α,β-unsaturated/α-hetero) is 1. The number of hydrogen-bond acceptors (Lipinski definition) is 2. The average molecular weight is 203 g/mol. The molecule has 0 spiro atoms. The standard InChI is InChI=1S/C13H17NO/c1-4-12(15)13(14-10(2)3)11-8-6-5-7-9-11/h5-9,13-14H,2,4H2,1,3H3/t13-/m1/s1. The molecule has 2 heteroatoms. The van der Waals surface area contributed by atoms with Crippen LogP contribution in [0, 0.1) is 0 Å². The van der Waals surface area contributed by atoms with Gasteiger partial charge in [0.05, 0.1) is 0 Å². The molecule has 0 fully saturated rings. The maximum Gasteiger partial charge on any atom is 0.159 e. The smallest absolute Gasteiger partial charge is 0.159 e. The largest absolute Gasteiger partial charge is 0.376 e. The summed E-state index contributed by atoms with van der Waals surface area (Å²) in [6, 6.07) is 9.46. The van der Waals surface area contributed by atoms with Crippen molar-refractivity contribution in [3.63, 3.8) is 0 Å². The molecule has 1 rings (SSSR count). The van der Waals surface area contributed by atoms with Crippen molar-refractivity contribution >= 4 is 5.78 Å². The number of ketones is 1. The van der Waals surface area contributed by atoms with E-state index in [0.717, 1.165) is 11.3 Å². The van der Waals surface area contributed by atoms with E-state index in [-0.39, 0.29) is 11.8 Å². The van der Waals surface area contributed by atoms with Crippen molar-refractivity contribution in [2.45, 2.75) is 26.3 Å². The maximum atomic E-state index is 11.7. The van der Waals surface area contributed by atoms with Crippen LogP contribution in [0.2, 0.25) is 0 Å². The predicted molar refractivity (Wildman–Crippen MR) is 62.4 cm³/mol. The normalized spacial score (nSPS) is 11.9. The van der Waals surface area contributed by atoms with Gasteiger partial charge < -0.3 is 5.32 Å². The van der Waals surface area contributed by atoms with Gasteiger partial charge in [0.25, 0.3) is 0 Å². The van der Waals surface area contributed by atoms with Gasteiger partial charge in [-0.05, 0) is 12.5 Å². The Labute approximate surface area is 91.0 Å². The molecule has 15 heavy (non-hydrogen) atoms. The molecule has 0 aliphatic carbocycles. The van der Waals surface area contributed by atoms with E-state index in [1.165, 1.54) is 0 Å². The third kappa shape index (κ3) is 3.24. The fourth-order valence-corrected chi connectivity index (χ4v) is 1.45. The van der Waals surface area contributed by atoms with Gasteiger partial charge in [-0.25, -0.2) is 0 Å². The van der Waals surface area contributed by atoms with Gasteiger partial charge in [0.2, 0.25) is 0 Å². The summed E-state index contributed by atoms with van der Waals surface area (Å²) in [5.74, 6) is 0.184. The van der Waals surface area contributed by atoms with Crippen molar-refractivity contribution in [1.82, 2.24) is 5.32 Å². The van der Waals surface area contributed by atoms with Crippen LogP contribution in [0.1, 0.15) is 31.9 Å². The fourth-order valence-electron chi connectivity index (χ4n) is 1.45. The van der Waals surface area contributed by atoms with Crippen molar-refractivity contribution in [1.29, 1.82) is 0 Å². The summed E-state index contributed by atoms with van der Waals surface area (Å²) in [7, 11) is 0. The molecule has 0 saturated carbocycles. The Balaban J connectivity index is 2.91. The lowest BCUT2D eigenvalue weighted by Gasteiger charge is -2.18. The fraction of sp³-hybridized carbons (Fsp3) is 0.308. The zero-order valence-electron chi connectivity index (χ0n) is 9.29. The third-order valence-electron chi connectivity index (χ3n) is 2.19. The van der Waals surface area contributed by atoms with Crippen LogP contribution in [0.15, 0.2) is 42.6 Å². The third-order valence-corrected chi connectivity index (χ3v) is 2.19. The van der Waals surface area contributed by atoms with Gasteiger partial charge in [0.15, 0.2) is 5.78 Å². The summed E-state index contributed by atoms with van der Waals surface area (Å²) in [5, 5.41) is 3.10. The van der Waals surface area contributed by atoms with E-state index < -0.39 is 0 Å². The molecule has 0 heterocycles. The van der Waals surface area contributed by atoms with Crippen LogP contribution < -0.4 is 5.32 Å². The van der Waals surface area contributed by atoms with Crippen molar-refractivity contribution in [3.8, 4) is 0 Å². The van der Waals surface area contributed by atoms with Crippen molar-refractivity contribution in [3.05, 3.63) is 48.2 Å². The van der Waals surface area contributed by atoms with E-state index in [4.69, 9.17) is 0 Å². The number of nitrogens with one attached hydrogen (secondary N) is 1. The molecule has 0 aliphatic rings. The first-order valence-electron chi connectivity index (χ1n) is 5.15. The highest BCUT2D eigenvalue weighted by atomic mass is 16.1. The van der Waals surface area contributed by atoms with E-state index >= 15 is 0 Å². The first-order chi connectivity index (χ1) is 7.15. The van der Waals surface area contributed by atoms with Gasteiger partial charge in [-0.1, -0.05) is 43.8 Å². The molecule has 0 amide bonds. The van der Waals surface area contributed by atoms with Gasteiger partial charge >= 0.3 is 0 Å². The van der Waals surface area contributed by atoms with E-state index in [9.17, 15) is 4.79 Å². The molecular formula is C13H17NO. The van der Waals surface area contributed by atoms with Crippen LogP contribution in [-0.2, 0) is 4.79 Å². The summed E-state index contributed by atoms with van der Waals surface area (Å²) in [6.45, 7) is 7.51. The lowest BCUT2D eigenvalue weighted by molar-refractivity contribution is -0.120. The number of benzene rings is 1. The highest BCUT2D eigenvalue weighted by Gasteiger charge is 2.17. The van der Waals surface area contributed by atoms with E-state index in [1.807, 2.05) is 44.2 Å². The zero-order chi connectivity index (χ0) is 11.3. The second-order valence-electron chi connectivity index (χ2n) is 3.59. The first kappa shape index (κ1) is 11.5. The summed E-state index contributed by atoms with van der Waals surface area (Å²) < 4.78 is 0. The van der Waals surface area contributed by atoms with Crippen LogP contribution >= 0.6 is 0 Å². The molecule has 1 aromatic rings. The Bertz CT molecular complexity index is 343. The van der Waals surface area contributed by atoms with Gasteiger partial charge in [-0.3, -0.25) is 4.79 Å². The highest BCUT2D eigenvalue weighted by molar-refractivity contribution is 5.85. The Morgan fingerprint density at radius 2 is 2.00 bits per heavy atom. The Morgan fingerprint density at radius 3 is 2.47 bits per heavy atom. The van der Waals surface area contributed by atoms with Crippen molar-refractivity contribution < 1.29 is 4.79 Å². The molecule has 0 saturated heterocycles. The minimum atomic E-state index is -0.256. The quantitative estimate of drug-likeness (QED) is 0.797. The van der Waals surface area contributed by atoms with Gasteiger partial charge in [-0.2, -0.15) is 0 Å². The predicted octanol–water partition coefficient (Wildman–Crippen LogP) is 2.83. The lowest BCUT2D eigenvalue weighted by Crippen LogP contribution is -2.26. The summed E-state index contributed by atoms with van der Waals surface area (Å²) in [5.41, 5.74) is 1.80. The lowest BCUT2D eigenvalue weighted by atomic mass is 10.0. The molecule has 80 valence electrons. The molecule has 0 radical (unpaired) electrons. The monoisotopic (exact) mass is 203 g/mol. The number of rotatable bonds is 5. The van der Waals surface area contributed by atoms with Gasteiger partial charge in [-0.15, -0.1) is 0 Å². The number of carbonyl (C=O) groups is 1. The van der Waals surface area contributed by atoms with Gasteiger partial charge in [0.1, 0.15) is 6.04 Å². The summed E-state index contributed by atoms with van der Waals surface area (Å²) >= 11 is 0. The number of hydrogen-bond donors (Lipinski definition) is 1. The van der Waals surface area contributed by atoms with E-state index in [2.05, 4.69) is 11.9 Å². The Kier molecular flexibility index (Phi) is 4.10. The summed E-state index contributed by atoms with van der Waals surface area (Å²) in [4.78, 5) is 11.7. The molecule has 0 bridgehead atoms. The zero-order valence-corrected chi connectivity index (χ0v) is 9.29. The first-order valence-corrected chi connectivity index (χ1v) is 5.15. The molecule has 0 aromatic heterocycles. The SMILES string of the molecule is C=C(C)N[C@@H](C(=O)CC)c1ccccc1. The topological polar surface area (TPSA) is 29.1 Å². The Hall–Kier alpha value is -1.57. The van der Waals surface area contributed by atoms with Crippen LogP contribution in [0.25, 0.3) is 0 Å². The number of allylic oxidation sites excluding steroid dienone is 1. The molecule has 2 nitrogen and oxygen atoms in total. The van der Waals surface area contributed by atoms with Crippen LogP contribution in [0.3, 0.4) is 0 Å². The molecule has 0 unspecified atom stereocenters. The molecule has 1 N–H and O–H groups in total. The maximum absolute atomic E-state index is 11.7. The Morgan fingerprint density at radius 1 is 1.40 bits per heavy atom. The van der Waals surface area contributed by atoms with Crippen LogP contribution in [0.5, 0.6) is 0 Å². The second kappa shape index (κ2) is 5.35. The molecule has 1 atom stereocenters. The van der Waals surface area contributed by atoms with Crippen LogP contribution in [-0.4, -0.2) is 5.78 Å².